The van der Waals surface area contributed by atoms with Gasteiger partial charge < -0.3 is 28.8 Å². The number of amides is 1. The van der Waals surface area contributed by atoms with Gasteiger partial charge in [-0.3, -0.25) is 9.36 Å². The van der Waals surface area contributed by atoms with E-state index in [2.05, 4.69) is 43.5 Å². The van der Waals surface area contributed by atoms with Crippen molar-refractivity contribution in [3.63, 3.8) is 0 Å². The summed E-state index contributed by atoms with van der Waals surface area (Å²) in [4.78, 5) is 25.2. The normalized spacial score (nSPS) is 14.9. The van der Waals surface area contributed by atoms with Crippen LogP contribution in [0.4, 0.5) is 0 Å². The predicted octanol–water partition coefficient (Wildman–Crippen LogP) is 9.55. The molecule has 0 aromatic carbocycles. The fraction of sp³-hybridized carbons (Fsp3) is 0.872. The number of rotatable bonds is 35. The van der Waals surface area contributed by atoms with Crippen LogP contribution in [0, 0.1) is 0 Å². The Morgan fingerprint density at radius 3 is 1.77 bits per heavy atom. The first-order valence-corrected chi connectivity index (χ1v) is 21.1. The minimum Gasteiger partial charge on any atom is -0.756 e. The van der Waals surface area contributed by atoms with E-state index >= 15 is 0 Å². The lowest BCUT2D eigenvalue weighted by Crippen LogP contribution is -2.46. The zero-order valence-electron chi connectivity index (χ0n) is 31.9. The maximum Gasteiger partial charge on any atom is 0.268 e. The number of carbonyl (C=O) groups is 1. The maximum absolute atomic E-state index is 12.8. The monoisotopic (exact) mass is 701 g/mol. The number of aliphatic hydroxyl groups is 1. The van der Waals surface area contributed by atoms with E-state index in [1.807, 2.05) is 21.1 Å². The molecule has 3 atom stereocenters. The van der Waals surface area contributed by atoms with Gasteiger partial charge in [0.1, 0.15) is 13.2 Å². The maximum atomic E-state index is 12.8. The van der Waals surface area contributed by atoms with Crippen molar-refractivity contribution in [2.45, 2.75) is 180 Å². The van der Waals surface area contributed by atoms with E-state index in [1.165, 1.54) is 77.0 Å². The molecule has 0 saturated heterocycles. The van der Waals surface area contributed by atoms with E-state index in [4.69, 9.17) is 9.05 Å². The van der Waals surface area contributed by atoms with Gasteiger partial charge in [-0.05, 0) is 44.9 Å². The van der Waals surface area contributed by atoms with Crippen molar-refractivity contribution in [3.8, 4) is 0 Å². The molecule has 0 bridgehead atoms. The SMILES string of the molecule is CCCCC/C=C/C/C=C/CCCCCCCC(=O)N[C@@H](COP(=O)([O-])OCC[N+](C)(C)C)[C@H](O)CCCCCCCCCCCCC. The molecule has 0 fully saturated rings. The van der Waals surface area contributed by atoms with Gasteiger partial charge in [-0.25, -0.2) is 0 Å². The molecule has 0 radical (unpaired) electrons. The molecule has 1 unspecified atom stereocenters. The average Bonchev–Trinajstić information content (AvgIpc) is 3.02. The molecule has 0 rings (SSSR count). The van der Waals surface area contributed by atoms with Gasteiger partial charge in [-0.15, -0.1) is 0 Å². The standard InChI is InChI=1S/C39H77N2O6P/c1-6-8-10-12-14-16-18-19-20-21-23-25-27-29-31-33-39(43)40-37(36-47-48(44,45)46-35-34-41(3,4)5)38(42)32-30-28-26-24-22-17-15-13-11-9-7-2/h14,16,19-20,37-38,42H,6-13,15,17-18,21-36H2,1-5H3,(H-,40,43,44,45)/b16-14+,20-19+/t37-,38+/m0/s1. The smallest absolute Gasteiger partial charge is 0.268 e. The topological polar surface area (TPSA) is 108 Å². The van der Waals surface area contributed by atoms with Crippen molar-refractivity contribution in [3.05, 3.63) is 24.3 Å². The van der Waals surface area contributed by atoms with Crippen LogP contribution in [0.25, 0.3) is 0 Å². The van der Waals surface area contributed by atoms with Crippen molar-refractivity contribution in [1.82, 2.24) is 5.32 Å². The van der Waals surface area contributed by atoms with Crippen molar-refractivity contribution >= 4 is 13.7 Å². The summed E-state index contributed by atoms with van der Waals surface area (Å²) in [6, 6.07) is -0.803. The number of likely N-dealkylation sites (N-methyl/N-ethyl adjacent to an activating group) is 1. The summed E-state index contributed by atoms with van der Waals surface area (Å²) in [5.41, 5.74) is 0. The predicted molar refractivity (Wildman–Crippen MR) is 201 cm³/mol. The van der Waals surface area contributed by atoms with Gasteiger partial charge in [0, 0.05) is 6.42 Å². The van der Waals surface area contributed by atoms with Crippen LogP contribution < -0.4 is 10.2 Å². The minimum absolute atomic E-state index is 0.00935. The summed E-state index contributed by atoms with van der Waals surface area (Å²) in [7, 11) is 1.29. The molecule has 0 aromatic heterocycles. The minimum atomic E-state index is -4.56. The van der Waals surface area contributed by atoms with Gasteiger partial charge in [0.25, 0.3) is 7.82 Å². The molecule has 0 aromatic rings. The van der Waals surface area contributed by atoms with E-state index in [-0.39, 0.29) is 19.1 Å². The highest BCUT2D eigenvalue weighted by Crippen LogP contribution is 2.38. The average molecular weight is 701 g/mol. The summed E-state index contributed by atoms with van der Waals surface area (Å²) in [5.74, 6) is -0.182. The molecule has 0 aliphatic rings. The fourth-order valence-electron chi connectivity index (χ4n) is 5.48. The molecule has 0 spiro atoms. The van der Waals surface area contributed by atoms with Gasteiger partial charge in [-0.1, -0.05) is 141 Å². The highest BCUT2D eigenvalue weighted by molar-refractivity contribution is 7.45. The molecule has 284 valence electrons. The van der Waals surface area contributed by atoms with E-state index < -0.39 is 20.0 Å². The molecule has 9 heteroatoms. The van der Waals surface area contributed by atoms with Crippen LogP contribution in [-0.2, 0) is 18.4 Å². The first-order chi connectivity index (χ1) is 23.0. The molecular formula is C39H77N2O6P. The first kappa shape index (κ1) is 47.0. The third-order valence-electron chi connectivity index (χ3n) is 8.69. The van der Waals surface area contributed by atoms with Crippen LogP contribution in [0.3, 0.4) is 0 Å². The number of nitrogens with zero attached hydrogens (tertiary/aromatic N) is 1. The van der Waals surface area contributed by atoms with Gasteiger partial charge in [0.2, 0.25) is 5.91 Å². The lowest BCUT2D eigenvalue weighted by atomic mass is 10.0. The van der Waals surface area contributed by atoms with Gasteiger partial charge in [0.15, 0.2) is 0 Å². The molecule has 0 aliphatic heterocycles. The zero-order chi connectivity index (χ0) is 35.8. The summed E-state index contributed by atoms with van der Waals surface area (Å²) >= 11 is 0. The number of phosphoric acid groups is 1. The van der Waals surface area contributed by atoms with Gasteiger partial charge in [0.05, 0.1) is 39.9 Å². The molecule has 0 heterocycles. The summed E-state index contributed by atoms with van der Waals surface area (Å²) in [6.07, 6.45) is 34.6. The number of allylic oxidation sites excluding steroid dienone is 4. The fourth-order valence-corrected chi connectivity index (χ4v) is 6.20. The van der Waals surface area contributed by atoms with Gasteiger partial charge >= 0.3 is 0 Å². The van der Waals surface area contributed by atoms with Crippen LogP contribution in [0.1, 0.15) is 168 Å². The Kier molecular flexibility index (Phi) is 31.2. The molecule has 48 heavy (non-hydrogen) atoms. The van der Waals surface area contributed by atoms with Crippen LogP contribution >= 0.6 is 7.82 Å². The lowest BCUT2D eigenvalue weighted by Gasteiger charge is -2.30. The number of nitrogens with one attached hydrogen (secondary N) is 1. The second-order valence-electron chi connectivity index (χ2n) is 14.6. The third-order valence-corrected chi connectivity index (χ3v) is 9.66. The van der Waals surface area contributed by atoms with E-state index in [9.17, 15) is 19.4 Å². The second-order valence-corrected chi connectivity index (χ2v) is 16.0. The van der Waals surface area contributed by atoms with Crippen LogP contribution in [0.2, 0.25) is 0 Å². The summed E-state index contributed by atoms with van der Waals surface area (Å²) in [6.45, 7) is 4.65. The number of aliphatic hydroxyl groups excluding tert-OH is 1. The largest absolute Gasteiger partial charge is 0.756 e. The van der Waals surface area contributed by atoms with E-state index in [0.29, 0.717) is 23.9 Å². The Morgan fingerprint density at radius 1 is 0.729 bits per heavy atom. The molecule has 0 saturated carbocycles. The summed E-state index contributed by atoms with van der Waals surface area (Å²) < 4.78 is 23.1. The zero-order valence-corrected chi connectivity index (χ0v) is 32.8. The molecule has 8 nitrogen and oxygen atoms in total. The Bertz CT molecular complexity index is 845. The first-order valence-electron chi connectivity index (χ1n) is 19.7. The van der Waals surface area contributed by atoms with Crippen molar-refractivity contribution in [2.75, 3.05) is 40.9 Å². The van der Waals surface area contributed by atoms with Crippen molar-refractivity contribution < 1.29 is 32.9 Å². The molecule has 0 aliphatic carbocycles. The highest BCUT2D eigenvalue weighted by atomic mass is 31.2. The van der Waals surface area contributed by atoms with Crippen LogP contribution in [0.5, 0.6) is 0 Å². The van der Waals surface area contributed by atoms with E-state index in [0.717, 1.165) is 64.2 Å². The number of hydrogen-bond donors (Lipinski definition) is 2. The number of phosphoric ester groups is 1. The summed E-state index contributed by atoms with van der Waals surface area (Å²) in [5, 5.41) is 13.8. The lowest BCUT2D eigenvalue weighted by molar-refractivity contribution is -0.870. The Balaban J connectivity index is 4.47. The van der Waals surface area contributed by atoms with Crippen LogP contribution in [-0.4, -0.2) is 68.5 Å². The number of quaternary nitrogens is 1. The van der Waals surface area contributed by atoms with Gasteiger partial charge in [-0.2, -0.15) is 0 Å². The molecule has 2 N–H and O–H groups in total. The number of hydrogen-bond acceptors (Lipinski definition) is 6. The number of carbonyl (C=O) groups excluding carboxylic acids is 1. The third kappa shape index (κ3) is 33.5. The quantitative estimate of drug-likeness (QED) is 0.0295. The van der Waals surface area contributed by atoms with Crippen LogP contribution in [0.15, 0.2) is 24.3 Å². The highest BCUT2D eigenvalue weighted by Gasteiger charge is 2.24. The molecular weight excluding hydrogens is 623 g/mol. The Morgan fingerprint density at radius 2 is 1.21 bits per heavy atom. The van der Waals surface area contributed by atoms with Crippen molar-refractivity contribution in [1.29, 1.82) is 0 Å². The van der Waals surface area contributed by atoms with Crippen molar-refractivity contribution in [2.24, 2.45) is 0 Å². The Hall–Kier alpha value is -1.02. The van der Waals surface area contributed by atoms with E-state index in [1.54, 1.807) is 0 Å². The second kappa shape index (κ2) is 31.9. The number of unbranched alkanes of at least 4 members (excludes halogenated alkanes) is 18. The Labute approximate surface area is 296 Å². The molecule has 1 amide bonds.